The lowest BCUT2D eigenvalue weighted by atomic mass is 9.94. The van der Waals surface area contributed by atoms with Crippen LogP contribution in [0.4, 0.5) is 0 Å². The molecule has 0 saturated carbocycles. The van der Waals surface area contributed by atoms with Crippen LogP contribution in [0.5, 0.6) is 5.75 Å². The van der Waals surface area contributed by atoms with Gasteiger partial charge in [0.1, 0.15) is 5.75 Å². The van der Waals surface area contributed by atoms with Crippen LogP contribution in [0.25, 0.3) is 22.3 Å². The fourth-order valence-electron chi connectivity index (χ4n) is 2.96. The highest BCUT2D eigenvalue weighted by Gasteiger charge is 2.08. The molecule has 0 unspecified atom stereocenters. The molecule has 3 aromatic carbocycles. The summed E-state index contributed by atoms with van der Waals surface area (Å²) in [4.78, 5) is 0. The second-order valence-corrected chi connectivity index (χ2v) is 6.28. The summed E-state index contributed by atoms with van der Waals surface area (Å²) in [5.41, 5.74) is 7.52. The number of benzene rings is 3. The lowest BCUT2D eigenvalue weighted by Crippen LogP contribution is -1.96. The lowest BCUT2D eigenvalue weighted by molar-refractivity contribution is 0.317. The highest BCUT2D eigenvalue weighted by Crippen LogP contribution is 2.32. The van der Waals surface area contributed by atoms with Crippen LogP contribution in [0.15, 0.2) is 66.7 Å². The standard InChI is InChI=1S/C23H24O/c1-4-12-24-22-11-10-18(3)23(16-22)21-14-17(2)13-20(15-21)19-8-6-5-7-9-19/h5-11,13-16H,4,12H2,1-3H3. The van der Waals surface area contributed by atoms with Crippen molar-refractivity contribution in [3.8, 4) is 28.0 Å². The van der Waals surface area contributed by atoms with Gasteiger partial charge >= 0.3 is 0 Å². The van der Waals surface area contributed by atoms with Gasteiger partial charge in [0.05, 0.1) is 6.61 Å². The normalized spacial score (nSPS) is 10.6. The van der Waals surface area contributed by atoms with Gasteiger partial charge in [-0.3, -0.25) is 0 Å². The van der Waals surface area contributed by atoms with Crippen LogP contribution < -0.4 is 4.74 Å². The molecule has 0 aliphatic heterocycles. The molecule has 0 spiro atoms. The minimum Gasteiger partial charge on any atom is -0.494 e. The molecule has 24 heavy (non-hydrogen) atoms. The number of hydrogen-bond acceptors (Lipinski definition) is 1. The number of rotatable bonds is 5. The van der Waals surface area contributed by atoms with E-state index in [0.29, 0.717) is 0 Å². The summed E-state index contributed by atoms with van der Waals surface area (Å²) in [7, 11) is 0. The molecule has 1 heteroatoms. The molecular weight excluding hydrogens is 292 g/mol. The molecule has 0 aromatic heterocycles. The predicted octanol–water partition coefficient (Wildman–Crippen LogP) is 6.43. The SMILES string of the molecule is CCCOc1ccc(C)c(-c2cc(C)cc(-c3ccccc3)c2)c1. The zero-order chi connectivity index (χ0) is 16.9. The largest absolute Gasteiger partial charge is 0.494 e. The van der Waals surface area contributed by atoms with Gasteiger partial charge in [-0.15, -0.1) is 0 Å². The molecule has 122 valence electrons. The predicted molar refractivity (Wildman–Crippen MR) is 103 cm³/mol. The smallest absolute Gasteiger partial charge is 0.119 e. The minimum absolute atomic E-state index is 0.756. The Kier molecular flexibility index (Phi) is 5.00. The molecule has 0 saturated heterocycles. The van der Waals surface area contributed by atoms with Crippen molar-refractivity contribution in [3.63, 3.8) is 0 Å². The van der Waals surface area contributed by atoms with Crippen LogP contribution in [0.3, 0.4) is 0 Å². The first-order chi connectivity index (χ1) is 11.7. The highest BCUT2D eigenvalue weighted by molar-refractivity contribution is 5.76. The van der Waals surface area contributed by atoms with E-state index < -0.39 is 0 Å². The molecule has 0 bridgehead atoms. The summed E-state index contributed by atoms with van der Waals surface area (Å²) in [5, 5.41) is 0. The maximum absolute atomic E-state index is 5.82. The summed E-state index contributed by atoms with van der Waals surface area (Å²) in [6, 6.07) is 23.7. The van der Waals surface area contributed by atoms with E-state index in [1.165, 1.54) is 33.4 Å². The topological polar surface area (TPSA) is 9.23 Å². The van der Waals surface area contributed by atoms with E-state index in [0.717, 1.165) is 18.8 Å². The van der Waals surface area contributed by atoms with E-state index in [1.807, 2.05) is 0 Å². The average Bonchev–Trinajstić information content (AvgIpc) is 2.61. The van der Waals surface area contributed by atoms with Crippen molar-refractivity contribution < 1.29 is 4.74 Å². The van der Waals surface area contributed by atoms with Crippen LogP contribution in [0.1, 0.15) is 24.5 Å². The second kappa shape index (κ2) is 7.35. The van der Waals surface area contributed by atoms with Crippen molar-refractivity contribution >= 4 is 0 Å². The molecule has 0 atom stereocenters. The van der Waals surface area contributed by atoms with Gasteiger partial charge < -0.3 is 4.74 Å². The van der Waals surface area contributed by atoms with Crippen molar-refractivity contribution in [1.29, 1.82) is 0 Å². The summed E-state index contributed by atoms with van der Waals surface area (Å²) >= 11 is 0. The van der Waals surface area contributed by atoms with Gasteiger partial charge in [-0.25, -0.2) is 0 Å². The summed E-state index contributed by atoms with van der Waals surface area (Å²) in [6.07, 6.45) is 1.02. The van der Waals surface area contributed by atoms with E-state index in [4.69, 9.17) is 4.74 Å². The lowest BCUT2D eigenvalue weighted by Gasteiger charge is -2.13. The third-order valence-electron chi connectivity index (χ3n) is 4.18. The van der Waals surface area contributed by atoms with Crippen LogP contribution in [0.2, 0.25) is 0 Å². The van der Waals surface area contributed by atoms with Gasteiger partial charge in [-0.05, 0) is 71.8 Å². The molecule has 0 aliphatic carbocycles. The molecule has 0 amide bonds. The first kappa shape index (κ1) is 16.3. The summed E-state index contributed by atoms with van der Waals surface area (Å²) in [6.45, 7) is 7.19. The van der Waals surface area contributed by atoms with E-state index in [2.05, 4.69) is 87.5 Å². The minimum atomic E-state index is 0.756. The maximum atomic E-state index is 5.82. The zero-order valence-electron chi connectivity index (χ0n) is 14.7. The Morgan fingerprint density at radius 1 is 0.750 bits per heavy atom. The monoisotopic (exact) mass is 316 g/mol. The summed E-state index contributed by atoms with van der Waals surface area (Å²) < 4.78 is 5.82. The second-order valence-electron chi connectivity index (χ2n) is 6.28. The van der Waals surface area contributed by atoms with Crippen LogP contribution >= 0.6 is 0 Å². The number of ether oxygens (including phenoxy) is 1. The van der Waals surface area contributed by atoms with Gasteiger partial charge in [0.15, 0.2) is 0 Å². The van der Waals surface area contributed by atoms with Crippen molar-refractivity contribution in [1.82, 2.24) is 0 Å². The third kappa shape index (κ3) is 3.68. The first-order valence-corrected chi connectivity index (χ1v) is 8.58. The van der Waals surface area contributed by atoms with E-state index in [9.17, 15) is 0 Å². The van der Waals surface area contributed by atoms with Gasteiger partial charge in [0.2, 0.25) is 0 Å². The quantitative estimate of drug-likeness (QED) is 0.527. The molecule has 1 nitrogen and oxygen atoms in total. The molecule has 0 aliphatic rings. The Balaban J connectivity index is 2.05. The van der Waals surface area contributed by atoms with E-state index >= 15 is 0 Å². The highest BCUT2D eigenvalue weighted by atomic mass is 16.5. The Hall–Kier alpha value is -2.54. The Labute approximate surface area is 144 Å². The molecule has 0 N–H and O–H groups in total. The van der Waals surface area contributed by atoms with Gasteiger partial charge in [-0.1, -0.05) is 55.5 Å². The Bertz CT molecular complexity index is 819. The molecular formula is C23H24O. The van der Waals surface area contributed by atoms with Crippen molar-refractivity contribution in [2.24, 2.45) is 0 Å². The maximum Gasteiger partial charge on any atom is 0.119 e. The number of hydrogen-bond donors (Lipinski definition) is 0. The molecule has 0 fully saturated rings. The fraction of sp³-hybridized carbons (Fsp3) is 0.217. The first-order valence-electron chi connectivity index (χ1n) is 8.58. The van der Waals surface area contributed by atoms with Crippen LogP contribution in [-0.4, -0.2) is 6.61 Å². The van der Waals surface area contributed by atoms with E-state index in [1.54, 1.807) is 0 Å². The summed E-state index contributed by atoms with van der Waals surface area (Å²) in [5.74, 6) is 0.945. The van der Waals surface area contributed by atoms with Gasteiger partial charge in [-0.2, -0.15) is 0 Å². The fourth-order valence-corrected chi connectivity index (χ4v) is 2.96. The van der Waals surface area contributed by atoms with Gasteiger partial charge in [0, 0.05) is 0 Å². The third-order valence-corrected chi connectivity index (χ3v) is 4.18. The van der Waals surface area contributed by atoms with E-state index in [-0.39, 0.29) is 0 Å². The Morgan fingerprint density at radius 2 is 1.50 bits per heavy atom. The Morgan fingerprint density at radius 3 is 2.25 bits per heavy atom. The molecule has 3 rings (SSSR count). The average molecular weight is 316 g/mol. The van der Waals surface area contributed by atoms with Gasteiger partial charge in [0.25, 0.3) is 0 Å². The van der Waals surface area contributed by atoms with Crippen molar-refractivity contribution in [2.45, 2.75) is 27.2 Å². The molecule has 0 heterocycles. The number of aryl methyl sites for hydroxylation is 2. The van der Waals surface area contributed by atoms with Crippen molar-refractivity contribution in [2.75, 3.05) is 6.61 Å². The molecule has 0 radical (unpaired) electrons. The van der Waals surface area contributed by atoms with Crippen LogP contribution in [0, 0.1) is 13.8 Å². The molecule has 3 aromatic rings. The van der Waals surface area contributed by atoms with Crippen LogP contribution in [-0.2, 0) is 0 Å². The van der Waals surface area contributed by atoms with Crippen molar-refractivity contribution in [3.05, 3.63) is 77.9 Å². The zero-order valence-corrected chi connectivity index (χ0v) is 14.7.